The molecule has 0 spiro atoms. The van der Waals surface area contributed by atoms with E-state index in [2.05, 4.69) is 5.32 Å². The zero-order valence-corrected chi connectivity index (χ0v) is 12.2. The Morgan fingerprint density at radius 2 is 1.95 bits per heavy atom. The van der Waals surface area contributed by atoms with Crippen molar-refractivity contribution in [1.29, 1.82) is 0 Å². The van der Waals surface area contributed by atoms with Gasteiger partial charge in [0.2, 0.25) is 0 Å². The second-order valence-corrected chi connectivity index (χ2v) is 5.10. The van der Waals surface area contributed by atoms with Gasteiger partial charge in [-0.3, -0.25) is 9.36 Å². The van der Waals surface area contributed by atoms with E-state index in [0.29, 0.717) is 24.1 Å². The number of carbonyl (C=O) groups excluding carboxylic acids is 1. The maximum absolute atomic E-state index is 11.9. The first-order valence-corrected chi connectivity index (χ1v) is 7.07. The molecule has 0 aliphatic rings. The molecule has 5 heteroatoms. The van der Waals surface area contributed by atoms with Crippen molar-refractivity contribution in [2.45, 2.75) is 6.42 Å². The van der Waals surface area contributed by atoms with Crippen LogP contribution in [0.4, 0.5) is 0 Å². The molecule has 0 bridgehead atoms. The third-order valence-electron chi connectivity index (χ3n) is 3.59. The minimum atomic E-state index is -0.371. The monoisotopic (exact) mass is 296 g/mol. The summed E-state index contributed by atoms with van der Waals surface area (Å²) in [4.78, 5) is 23.4. The van der Waals surface area contributed by atoms with Crippen LogP contribution in [0.1, 0.15) is 15.9 Å². The van der Waals surface area contributed by atoms with Crippen LogP contribution in [0.3, 0.4) is 0 Å². The number of hydrogen-bond donors (Lipinski definition) is 1. The van der Waals surface area contributed by atoms with Gasteiger partial charge in [0.1, 0.15) is 0 Å². The summed E-state index contributed by atoms with van der Waals surface area (Å²) in [5.41, 5.74) is 3.02. The first kappa shape index (κ1) is 14.1. The van der Waals surface area contributed by atoms with Gasteiger partial charge < -0.3 is 9.73 Å². The average Bonchev–Trinajstić information content (AvgIpc) is 2.83. The molecule has 1 amide bonds. The zero-order valence-electron chi connectivity index (χ0n) is 12.2. The lowest BCUT2D eigenvalue weighted by Crippen LogP contribution is -2.25. The van der Waals surface area contributed by atoms with E-state index < -0.39 is 0 Å². The van der Waals surface area contributed by atoms with Crippen LogP contribution < -0.4 is 11.1 Å². The number of benzene rings is 2. The summed E-state index contributed by atoms with van der Waals surface area (Å²) in [6.07, 6.45) is 0.688. The Morgan fingerprint density at radius 1 is 1.18 bits per heavy atom. The Bertz CT molecular complexity index is 862. The molecule has 0 atom stereocenters. The van der Waals surface area contributed by atoms with Gasteiger partial charge in [-0.05, 0) is 36.2 Å². The number of aryl methyl sites for hydroxylation is 1. The van der Waals surface area contributed by atoms with Gasteiger partial charge in [-0.1, -0.05) is 24.3 Å². The number of fused-ring (bicyclic) bond motifs is 1. The van der Waals surface area contributed by atoms with Gasteiger partial charge in [-0.2, -0.15) is 0 Å². The molecule has 0 saturated carbocycles. The van der Waals surface area contributed by atoms with Gasteiger partial charge in [-0.15, -0.1) is 0 Å². The molecule has 112 valence electrons. The number of carbonyl (C=O) groups is 1. The smallest absolute Gasteiger partial charge is 0.408 e. The van der Waals surface area contributed by atoms with Gasteiger partial charge in [0, 0.05) is 19.2 Å². The van der Waals surface area contributed by atoms with Gasteiger partial charge in [0.05, 0.1) is 5.52 Å². The molecule has 0 saturated heterocycles. The highest BCUT2D eigenvalue weighted by Crippen LogP contribution is 2.14. The molecule has 2 aromatic carbocycles. The molecule has 0 aliphatic heterocycles. The third-order valence-corrected chi connectivity index (χ3v) is 3.59. The van der Waals surface area contributed by atoms with E-state index in [1.807, 2.05) is 30.3 Å². The normalized spacial score (nSPS) is 10.8. The van der Waals surface area contributed by atoms with Crippen LogP contribution in [-0.4, -0.2) is 17.0 Å². The molecule has 3 aromatic rings. The lowest BCUT2D eigenvalue weighted by atomic mass is 10.1. The van der Waals surface area contributed by atoms with Crippen molar-refractivity contribution in [1.82, 2.24) is 9.88 Å². The number of rotatable bonds is 4. The van der Waals surface area contributed by atoms with E-state index in [1.54, 1.807) is 25.2 Å². The SMILES string of the molecule is Cn1c(=O)oc2ccc(CCNC(=O)c3ccccc3)cc21. The Kier molecular flexibility index (Phi) is 3.78. The molecule has 0 aliphatic carbocycles. The standard InChI is InChI=1S/C17H16N2O3/c1-19-14-11-12(7-8-15(14)22-17(19)21)9-10-18-16(20)13-5-3-2-4-6-13/h2-8,11H,9-10H2,1H3,(H,18,20). The first-order chi connectivity index (χ1) is 10.6. The molecule has 0 unspecified atom stereocenters. The van der Waals surface area contributed by atoms with Gasteiger partial charge in [0.25, 0.3) is 5.91 Å². The van der Waals surface area contributed by atoms with Crippen LogP contribution >= 0.6 is 0 Å². The minimum Gasteiger partial charge on any atom is -0.408 e. The quantitative estimate of drug-likeness (QED) is 0.802. The molecule has 0 radical (unpaired) electrons. The summed E-state index contributed by atoms with van der Waals surface area (Å²) < 4.78 is 6.57. The number of nitrogens with zero attached hydrogens (tertiary/aromatic N) is 1. The number of aromatic nitrogens is 1. The Morgan fingerprint density at radius 3 is 2.73 bits per heavy atom. The predicted molar refractivity (Wildman–Crippen MR) is 83.9 cm³/mol. The average molecular weight is 296 g/mol. The van der Waals surface area contributed by atoms with Gasteiger partial charge >= 0.3 is 5.76 Å². The van der Waals surface area contributed by atoms with Crippen molar-refractivity contribution in [2.24, 2.45) is 7.05 Å². The largest absolute Gasteiger partial charge is 0.419 e. The first-order valence-electron chi connectivity index (χ1n) is 7.07. The highest BCUT2D eigenvalue weighted by molar-refractivity contribution is 5.94. The zero-order chi connectivity index (χ0) is 15.5. The third kappa shape index (κ3) is 2.79. The maximum Gasteiger partial charge on any atom is 0.419 e. The highest BCUT2D eigenvalue weighted by atomic mass is 16.4. The molecule has 22 heavy (non-hydrogen) atoms. The molecule has 1 N–H and O–H groups in total. The fourth-order valence-electron chi connectivity index (χ4n) is 2.34. The molecule has 1 aromatic heterocycles. The minimum absolute atomic E-state index is 0.0858. The van der Waals surface area contributed by atoms with E-state index in [0.717, 1.165) is 11.1 Å². The van der Waals surface area contributed by atoms with Crippen LogP contribution in [0.25, 0.3) is 11.1 Å². The highest BCUT2D eigenvalue weighted by Gasteiger charge is 2.07. The summed E-state index contributed by atoms with van der Waals surface area (Å²) in [5, 5.41) is 2.88. The van der Waals surface area contributed by atoms with Crippen molar-refractivity contribution in [3.05, 3.63) is 70.2 Å². The van der Waals surface area contributed by atoms with E-state index in [-0.39, 0.29) is 11.7 Å². The van der Waals surface area contributed by atoms with Crippen LogP contribution in [0.5, 0.6) is 0 Å². The van der Waals surface area contributed by atoms with Gasteiger partial charge in [-0.25, -0.2) is 4.79 Å². The Labute approximate surface area is 127 Å². The lowest BCUT2D eigenvalue weighted by Gasteiger charge is -2.05. The molecule has 5 nitrogen and oxygen atoms in total. The molecule has 1 heterocycles. The second-order valence-electron chi connectivity index (χ2n) is 5.10. The van der Waals surface area contributed by atoms with E-state index in [1.165, 1.54) is 4.57 Å². The Hall–Kier alpha value is -2.82. The molecule has 3 rings (SSSR count). The summed E-state index contributed by atoms with van der Waals surface area (Å²) >= 11 is 0. The lowest BCUT2D eigenvalue weighted by molar-refractivity contribution is 0.0954. The van der Waals surface area contributed by atoms with Crippen molar-refractivity contribution >= 4 is 17.0 Å². The van der Waals surface area contributed by atoms with Crippen LogP contribution in [0.15, 0.2) is 57.7 Å². The van der Waals surface area contributed by atoms with E-state index in [9.17, 15) is 9.59 Å². The van der Waals surface area contributed by atoms with Crippen molar-refractivity contribution < 1.29 is 9.21 Å². The number of hydrogen-bond acceptors (Lipinski definition) is 3. The molecular weight excluding hydrogens is 280 g/mol. The van der Waals surface area contributed by atoms with Crippen molar-refractivity contribution in [3.63, 3.8) is 0 Å². The second kappa shape index (κ2) is 5.89. The summed E-state index contributed by atoms with van der Waals surface area (Å²) in [7, 11) is 1.68. The number of oxazole rings is 1. The van der Waals surface area contributed by atoms with Crippen molar-refractivity contribution in [3.8, 4) is 0 Å². The summed E-state index contributed by atoms with van der Waals surface area (Å²) in [6, 6.07) is 14.7. The number of nitrogens with one attached hydrogen (secondary N) is 1. The molecular formula is C17H16N2O3. The van der Waals surface area contributed by atoms with Crippen LogP contribution in [0, 0.1) is 0 Å². The van der Waals surface area contributed by atoms with E-state index in [4.69, 9.17) is 4.42 Å². The van der Waals surface area contributed by atoms with Crippen molar-refractivity contribution in [2.75, 3.05) is 6.54 Å². The Balaban J connectivity index is 1.66. The maximum atomic E-state index is 11.9. The summed E-state index contributed by atoms with van der Waals surface area (Å²) in [5.74, 6) is -0.457. The van der Waals surface area contributed by atoms with E-state index >= 15 is 0 Å². The van der Waals surface area contributed by atoms with Gasteiger partial charge in [0.15, 0.2) is 5.58 Å². The van der Waals surface area contributed by atoms with Crippen LogP contribution in [0.2, 0.25) is 0 Å². The number of amides is 1. The predicted octanol–water partition coefficient (Wildman–Crippen LogP) is 2.10. The topological polar surface area (TPSA) is 64.2 Å². The fraction of sp³-hybridized carbons (Fsp3) is 0.176. The summed E-state index contributed by atoms with van der Waals surface area (Å²) in [6.45, 7) is 0.533. The fourth-order valence-corrected chi connectivity index (χ4v) is 2.34. The molecule has 0 fully saturated rings. The van der Waals surface area contributed by atoms with Crippen LogP contribution in [-0.2, 0) is 13.5 Å².